The molecule has 0 atom stereocenters. The Morgan fingerprint density at radius 2 is 1.00 bits per heavy atom. The SMILES string of the molecule is O.[Bi].[K].[V].[W]. The van der Waals surface area contributed by atoms with Crippen LogP contribution in [0.5, 0.6) is 0 Å². The minimum absolute atomic E-state index is 0. The van der Waals surface area contributed by atoms with Crippen LogP contribution in [0.15, 0.2) is 0 Å². The van der Waals surface area contributed by atoms with E-state index < -0.39 is 0 Å². The van der Waals surface area contributed by atoms with Gasteiger partial charge in [-0.2, -0.15) is 0 Å². The first kappa shape index (κ1) is 37.4. The molecule has 1 nitrogen and oxygen atoms in total. The quantitative estimate of drug-likeness (QED) is 0.359. The first-order valence-electron chi connectivity index (χ1n) is 0. The third kappa shape index (κ3) is 18.2. The molecule has 0 aliphatic carbocycles. The van der Waals surface area contributed by atoms with Gasteiger partial charge in [-0.05, 0) is 0 Å². The van der Waals surface area contributed by atoms with Crippen molar-refractivity contribution >= 4 is 77.6 Å². The van der Waals surface area contributed by atoms with Gasteiger partial charge in [0.1, 0.15) is 0 Å². The van der Waals surface area contributed by atoms with Crippen molar-refractivity contribution in [1.82, 2.24) is 0 Å². The summed E-state index contributed by atoms with van der Waals surface area (Å²) in [4.78, 5) is 0. The largest absolute Gasteiger partial charge is 0.412 e. The average Bonchev–Trinajstić information content (AvgIpc) is 0. The molecule has 0 bridgehead atoms. The summed E-state index contributed by atoms with van der Waals surface area (Å²) in [6.07, 6.45) is 0. The van der Waals surface area contributed by atoms with Crippen molar-refractivity contribution in [3.8, 4) is 0 Å². The Kier molecular flexibility index (Phi) is 188. The molecule has 0 saturated carbocycles. The molecule has 0 aromatic carbocycles. The van der Waals surface area contributed by atoms with Gasteiger partial charge < -0.3 is 5.48 Å². The van der Waals surface area contributed by atoms with Crippen molar-refractivity contribution in [3.05, 3.63) is 0 Å². The van der Waals surface area contributed by atoms with E-state index in [1.54, 1.807) is 0 Å². The van der Waals surface area contributed by atoms with Gasteiger partial charge in [-0.1, -0.05) is 0 Å². The third-order valence-electron chi connectivity index (χ3n) is 0. The Labute approximate surface area is 119 Å². The molecule has 0 unspecified atom stereocenters. The molecule has 0 aromatic rings. The second kappa shape index (κ2) is 25.1. The van der Waals surface area contributed by atoms with E-state index in [9.17, 15) is 0 Å². The Balaban J connectivity index is 0. The van der Waals surface area contributed by atoms with Gasteiger partial charge in [-0.25, -0.2) is 0 Å². The van der Waals surface area contributed by atoms with E-state index in [0.29, 0.717) is 0 Å². The molecule has 2 N–H and O–H groups in total. The fourth-order valence-corrected chi connectivity index (χ4v) is 0. The van der Waals surface area contributed by atoms with Gasteiger partial charge in [0.05, 0.1) is 0 Å². The summed E-state index contributed by atoms with van der Waals surface area (Å²) >= 11 is 0. The molecule has 5 heavy (non-hydrogen) atoms. The van der Waals surface area contributed by atoms with Crippen LogP contribution < -0.4 is 0 Å². The smallest absolute Gasteiger partial charge is 0 e. The second-order valence-corrected chi connectivity index (χ2v) is 0. The fourth-order valence-electron chi connectivity index (χ4n) is 0. The molecule has 0 heterocycles. The van der Waals surface area contributed by atoms with Gasteiger partial charge >= 0.3 is 0 Å². The summed E-state index contributed by atoms with van der Waals surface area (Å²) in [7, 11) is 0. The first-order valence-corrected chi connectivity index (χ1v) is 0. The minimum Gasteiger partial charge on any atom is -0.412 e. The van der Waals surface area contributed by atoms with E-state index in [2.05, 4.69) is 0 Å². The van der Waals surface area contributed by atoms with Crippen molar-refractivity contribution in [2.24, 2.45) is 0 Å². The second-order valence-electron chi connectivity index (χ2n) is 0. The summed E-state index contributed by atoms with van der Waals surface area (Å²) in [5.74, 6) is 0. The van der Waals surface area contributed by atoms with E-state index >= 15 is 0 Å². The van der Waals surface area contributed by atoms with E-state index in [1.807, 2.05) is 0 Å². The molecule has 25 valence electrons. The maximum Gasteiger partial charge on any atom is 0 e. The van der Waals surface area contributed by atoms with Crippen molar-refractivity contribution in [3.63, 3.8) is 0 Å². The Morgan fingerprint density at radius 3 is 1.00 bits per heavy atom. The van der Waals surface area contributed by atoms with Crippen LogP contribution in [0.25, 0.3) is 0 Å². The number of hydrogen-bond donors (Lipinski definition) is 0. The van der Waals surface area contributed by atoms with Crippen LogP contribution in [0.3, 0.4) is 0 Å². The predicted octanol–water partition coefficient (Wildman–Crippen LogP) is -1.59. The zero-order valence-corrected chi connectivity index (χ0v) is 13.7. The van der Waals surface area contributed by atoms with E-state index in [4.69, 9.17) is 0 Å². The maximum atomic E-state index is 0. The molecule has 0 saturated heterocycles. The van der Waals surface area contributed by atoms with Crippen molar-refractivity contribution in [1.29, 1.82) is 0 Å². The maximum absolute atomic E-state index is 0. The monoisotopic (exact) mass is 501 g/mol. The Bertz CT molecular complexity index is 11.6. The molecule has 0 rings (SSSR count). The number of rotatable bonds is 0. The normalized spacial score (nSPS) is 0. The van der Waals surface area contributed by atoms with Crippen LogP contribution in [-0.2, 0) is 39.6 Å². The van der Waals surface area contributed by atoms with Crippen molar-refractivity contribution in [2.75, 3.05) is 0 Å². The van der Waals surface area contributed by atoms with Gasteiger partial charge in [0.2, 0.25) is 0 Å². The van der Waals surface area contributed by atoms with Gasteiger partial charge in [0.25, 0.3) is 0 Å². The van der Waals surface area contributed by atoms with Crippen LogP contribution in [-0.4, -0.2) is 83.1 Å². The van der Waals surface area contributed by atoms with E-state index in [0.717, 1.165) is 0 Å². The fraction of sp³-hybridized carbons (Fsp3) is 0. The Morgan fingerprint density at radius 1 is 1.00 bits per heavy atom. The van der Waals surface area contributed by atoms with Crippen LogP contribution >= 0.6 is 0 Å². The molecule has 0 aliphatic rings. The molecular weight excluding hydrogens is 499 g/mol. The van der Waals surface area contributed by atoms with Gasteiger partial charge in [-0.3, -0.25) is 0 Å². The Hall–Kier alpha value is 3.75. The molecule has 0 amide bonds. The molecular formula is H2BiKOVW. The van der Waals surface area contributed by atoms with E-state index in [1.165, 1.54) is 0 Å². The summed E-state index contributed by atoms with van der Waals surface area (Å²) in [6.45, 7) is 0. The molecule has 0 fully saturated rings. The zero-order chi connectivity index (χ0) is 0. The molecule has 5 radical (unpaired) electrons. The van der Waals surface area contributed by atoms with Gasteiger partial charge in [0, 0.05) is 117 Å². The van der Waals surface area contributed by atoms with Crippen LogP contribution in [0.1, 0.15) is 0 Å². The summed E-state index contributed by atoms with van der Waals surface area (Å²) in [6, 6.07) is 0. The third-order valence-corrected chi connectivity index (χ3v) is 0. The molecule has 0 aromatic heterocycles. The van der Waals surface area contributed by atoms with Gasteiger partial charge in [-0.15, -0.1) is 0 Å². The first-order chi connectivity index (χ1) is 0. The van der Waals surface area contributed by atoms with Crippen LogP contribution in [0.4, 0.5) is 0 Å². The zero-order valence-electron chi connectivity index (χ0n) is 2.80. The summed E-state index contributed by atoms with van der Waals surface area (Å²) < 4.78 is 0. The summed E-state index contributed by atoms with van der Waals surface area (Å²) in [5, 5.41) is 0. The van der Waals surface area contributed by atoms with Crippen LogP contribution in [0, 0.1) is 0 Å². The van der Waals surface area contributed by atoms with Crippen molar-refractivity contribution in [2.45, 2.75) is 0 Å². The predicted molar refractivity (Wildman–Crippen MR) is 15.1 cm³/mol. The molecule has 0 spiro atoms. The topological polar surface area (TPSA) is 31.5 Å². The van der Waals surface area contributed by atoms with Gasteiger partial charge in [0.15, 0.2) is 0 Å². The molecule has 5 heteroatoms. The van der Waals surface area contributed by atoms with Crippen LogP contribution in [0.2, 0.25) is 0 Å². The summed E-state index contributed by atoms with van der Waals surface area (Å²) in [5.41, 5.74) is 0. The van der Waals surface area contributed by atoms with Crippen molar-refractivity contribution < 1.29 is 45.1 Å². The molecule has 0 aliphatic heterocycles. The minimum atomic E-state index is 0. The number of hydrogen-bond acceptors (Lipinski definition) is 0. The standard InChI is InChI=1S/Bi.K.H2O.V.W/h;;1H2;;. The average molecular weight is 501 g/mol. The van der Waals surface area contributed by atoms with E-state index in [-0.39, 0.29) is 123 Å².